The monoisotopic (exact) mass is 194 g/mol. The predicted octanol–water partition coefficient (Wildman–Crippen LogP) is -1.34. The topological polar surface area (TPSA) is 95.5 Å². The maximum atomic E-state index is 10.9. The molecule has 1 saturated carbocycles. The zero-order chi connectivity index (χ0) is 9.41. The van der Waals surface area contributed by atoms with Crippen LogP contribution in [-0.2, 0) is 15.0 Å². The van der Waals surface area contributed by atoms with Crippen LogP contribution in [0.5, 0.6) is 0 Å². The number of hydrogen-bond donors (Lipinski definition) is 3. The minimum absolute atomic E-state index is 0.350. The molecular weight excluding hydrogens is 184 g/mol. The van der Waals surface area contributed by atoms with Crippen molar-refractivity contribution in [2.24, 2.45) is 0 Å². The number of nitrogens with one attached hydrogen (secondary N) is 2. The summed E-state index contributed by atoms with van der Waals surface area (Å²) in [5.41, 5.74) is -1.25. The molecule has 70 valence electrons. The van der Waals surface area contributed by atoms with Crippen molar-refractivity contribution in [3.05, 3.63) is 0 Å². The summed E-state index contributed by atoms with van der Waals surface area (Å²) in [6.45, 7) is 0. The molecule has 0 aliphatic heterocycles. The van der Waals surface area contributed by atoms with Gasteiger partial charge in [-0.05, 0) is 12.8 Å². The zero-order valence-corrected chi connectivity index (χ0v) is 7.31. The lowest BCUT2D eigenvalue weighted by molar-refractivity contribution is -0.140. The van der Waals surface area contributed by atoms with Gasteiger partial charge in [0.05, 0.1) is 0 Å². The molecule has 0 bridgehead atoms. The lowest BCUT2D eigenvalue weighted by Crippen LogP contribution is -2.47. The molecule has 6 nitrogen and oxygen atoms in total. The minimum atomic E-state index is -3.64. The summed E-state index contributed by atoms with van der Waals surface area (Å²) in [6.07, 6.45) is 0.701. The average Bonchev–Trinajstić information content (AvgIpc) is 2.69. The van der Waals surface area contributed by atoms with Crippen LogP contribution in [-0.4, -0.2) is 32.1 Å². The summed E-state index contributed by atoms with van der Waals surface area (Å²) in [5.74, 6) is -1.12. The van der Waals surface area contributed by atoms with Crippen molar-refractivity contribution in [2.45, 2.75) is 18.4 Å². The Morgan fingerprint density at radius 2 is 2.00 bits per heavy atom. The van der Waals surface area contributed by atoms with Crippen LogP contribution < -0.4 is 9.44 Å². The number of aliphatic carboxylic acids is 1. The summed E-state index contributed by atoms with van der Waals surface area (Å²) in [5, 5.41) is 8.61. The highest BCUT2D eigenvalue weighted by Crippen LogP contribution is 2.35. The van der Waals surface area contributed by atoms with Gasteiger partial charge in [0.1, 0.15) is 5.54 Å². The quantitative estimate of drug-likeness (QED) is 0.516. The van der Waals surface area contributed by atoms with E-state index in [9.17, 15) is 13.2 Å². The predicted molar refractivity (Wildman–Crippen MR) is 40.7 cm³/mol. The van der Waals surface area contributed by atoms with Crippen LogP contribution >= 0.6 is 0 Å². The standard InChI is InChI=1S/C5H10N2O4S/c1-6-12(10,11)7-5(2-3-5)4(8)9/h6-7H,2-3H2,1H3,(H,8,9). The fourth-order valence-corrected chi connectivity index (χ4v) is 1.70. The lowest BCUT2D eigenvalue weighted by Gasteiger charge is -2.11. The van der Waals surface area contributed by atoms with Crippen molar-refractivity contribution in [2.75, 3.05) is 7.05 Å². The summed E-state index contributed by atoms with van der Waals surface area (Å²) >= 11 is 0. The highest BCUT2D eigenvalue weighted by Gasteiger charge is 2.52. The Hall–Kier alpha value is -0.660. The fraction of sp³-hybridized carbons (Fsp3) is 0.800. The molecule has 3 N–H and O–H groups in total. The lowest BCUT2D eigenvalue weighted by atomic mass is 10.3. The van der Waals surface area contributed by atoms with Crippen molar-refractivity contribution in [1.29, 1.82) is 0 Å². The minimum Gasteiger partial charge on any atom is -0.480 e. The fourth-order valence-electron chi connectivity index (χ4n) is 0.793. The van der Waals surface area contributed by atoms with Gasteiger partial charge in [0.15, 0.2) is 0 Å². The SMILES string of the molecule is CNS(=O)(=O)NC1(C(=O)O)CC1. The smallest absolute Gasteiger partial charge is 0.324 e. The Bertz CT molecular complexity index is 293. The van der Waals surface area contributed by atoms with Gasteiger partial charge in [0, 0.05) is 7.05 Å². The van der Waals surface area contributed by atoms with Gasteiger partial charge < -0.3 is 5.11 Å². The van der Waals surface area contributed by atoms with Gasteiger partial charge in [-0.15, -0.1) is 0 Å². The average molecular weight is 194 g/mol. The normalized spacial score (nSPS) is 20.4. The van der Waals surface area contributed by atoms with E-state index in [0.29, 0.717) is 12.8 Å². The Labute approximate surface area is 70.1 Å². The van der Waals surface area contributed by atoms with E-state index in [1.54, 1.807) is 0 Å². The first-order valence-electron chi connectivity index (χ1n) is 3.38. The van der Waals surface area contributed by atoms with Gasteiger partial charge in [-0.1, -0.05) is 0 Å². The van der Waals surface area contributed by atoms with Crippen molar-refractivity contribution in [3.63, 3.8) is 0 Å². The van der Waals surface area contributed by atoms with Crippen LogP contribution in [0.15, 0.2) is 0 Å². The van der Waals surface area contributed by atoms with E-state index in [1.807, 2.05) is 4.72 Å². The number of carbonyl (C=O) groups is 1. The van der Waals surface area contributed by atoms with Gasteiger partial charge in [0.25, 0.3) is 10.2 Å². The molecule has 0 saturated heterocycles. The first-order valence-corrected chi connectivity index (χ1v) is 4.86. The maximum absolute atomic E-state index is 10.9. The Morgan fingerprint density at radius 3 is 2.25 bits per heavy atom. The number of carboxylic acids is 1. The molecule has 1 aliphatic rings. The van der Waals surface area contributed by atoms with Crippen LogP contribution in [0.3, 0.4) is 0 Å². The van der Waals surface area contributed by atoms with Gasteiger partial charge in [-0.25, -0.2) is 4.72 Å². The molecule has 0 radical (unpaired) electrons. The third-order valence-corrected chi connectivity index (χ3v) is 2.95. The van der Waals surface area contributed by atoms with Crippen LogP contribution in [0.1, 0.15) is 12.8 Å². The molecule has 0 spiro atoms. The molecule has 1 fully saturated rings. The van der Waals surface area contributed by atoms with Crippen molar-refractivity contribution >= 4 is 16.2 Å². The number of rotatable bonds is 4. The van der Waals surface area contributed by atoms with Gasteiger partial charge >= 0.3 is 5.97 Å². The molecule has 0 heterocycles. The molecular formula is C5H10N2O4S. The van der Waals surface area contributed by atoms with Crippen LogP contribution in [0, 0.1) is 0 Å². The second-order valence-corrected chi connectivity index (χ2v) is 4.32. The molecule has 7 heteroatoms. The molecule has 12 heavy (non-hydrogen) atoms. The number of hydrogen-bond acceptors (Lipinski definition) is 3. The van der Waals surface area contributed by atoms with Gasteiger partial charge in [-0.2, -0.15) is 13.1 Å². The van der Waals surface area contributed by atoms with Gasteiger partial charge in [0.2, 0.25) is 0 Å². The maximum Gasteiger partial charge on any atom is 0.324 e. The Kier molecular flexibility index (Phi) is 2.11. The van der Waals surface area contributed by atoms with E-state index in [1.165, 1.54) is 7.05 Å². The Morgan fingerprint density at radius 1 is 1.50 bits per heavy atom. The first-order chi connectivity index (χ1) is 5.42. The summed E-state index contributed by atoms with van der Waals surface area (Å²) in [7, 11) is -2.42. The summed E-state index contributed by atoms with van der Waals surface area (Å²) in [4.78, 5) is 10.5. The third kappa shape index (κ3) is 1.74. The van der Waals surface area contributed by atoms with Gasteiger partial charge in [-0.3, -0.25) is 4.79 Å². The second kappa shape index (κ2) is 2.68. The van der Waals surface area contributed by atoms with Crippen LogP contribution in [0.2, 0.25) is 0 Å². The molecule has 0 amide bonds. The highest BCUT2D eigenvalue weighted by molar-refractivity contribution is 7.87. The first kappa shape index (κ1) is 9.43. The zero-order valence-electron chi connectivity index (χ0n) is 6.49. The molecule has 0 aromatic rings. The molecule has 1 rings (SSSR count). The van der Waals surface area contributed by atoms with E-state index in [2.05, 4.69) is 4.72 Å². The molecule has 0 unspecified atom stereocenters. The highest BCUT2D eigenvalue weighted by atomic mass is 32.2. The van der Waals surface area contributed by atoms with Crippen LogP contribution in [0.4, 0.5) is 0 Å². The summed E-state index contributed by atoms with van der Waals surface area (Å²) < 4.78 is 25.8. The van der Waals surface area contributed by atoms with E-state index in [-0.39, 0.29) is 0 Å². The van der Waals surface area contributed by atoms with Crippen molar-refractivity contribution < 1.29 is 18.3 Å². The Balaban J connectivity index is 2.70. The van der Waals surface area contributed by atoms with E-state index >= 15 is 0 Å². The van der Waals surface area contributed by atoms with Crippen molar-refractivity contribution in [1.82, 2.24) is 9.44 Å². The molecule has 0 atom stereocenters. The third-order valence-electron chi connectivity index (χ3n) is 1.76. The second-order valence-electron chi connectivity index (χ2n) is 2.70. The van der Waals surface area contributed by atoms with Crippen molar-refractivity contribution in [3.8, 4) is 0 Å². The largest absolute Gasteiger partial charge is 0.480 e. The molecule has 1 aliphatic carbocycles. The molecule has 0 aromatic carbocycles. The van der Waals surface area contributed by atoms with Crippen LogP contribution in [0.25, 0.3) is 0 Å². The van der Waals surface area contributed by atoms with E-state index in [4.69, 9.17) is 5.11 Å². The van der Waals surface area contributed by atoms with E-state index in [0.717, 1.165) is 0 Å². The summed E-state index contributed by atoms with van der Waals surface area (Å²) in [6, 6.07) is 0. The number of carboxylic acid groups (broad SMARTS) is 1. The van der Waals surface area contributed by atoms with E-state index < -0.39 is 21.7 Å². The molecule has 0 aromatic heterocycles.